The number of nitrogens with zero attached hydrogens (tertiary/aromatic N) is 4. The van der Waals surface area contributed by atoms with Gasteiger partial charge in [0.1, 0.15) is 5.76 Å². The molecule has 0 bridgehead atoms. The Morgan fingerprint density at radius 1 is 1.35 bits per heavy atom. The first kappa shape index (κ1) is 12.9. The summed E-state index contributed by atoms with van der Waals surface area (Å²) in [7, 11) is 0. The van der Waals surface area contributed by atoms with Gasteiger partial charge in [-0.3, -0.25) is 9.48 Å². The third-order valence-electron chi connectivity index (χ3n) is 3.78. The lowest BCUT2D eigenvalue weighted by molar-refractivity contribution is -0.132. The van der Waals surface area contributed by atoms with Gasteiger partial charge in [0.15, 0.2) is 0 Å². The topological polar surface area (TPSA) is 64.2 Å². The second-order valence-electron chi connectivity index (χ2n) is 5.29. The summed E-state index contributed by atoms with van der Waals surface area (Å²) in [5.41, 5.74) is 3.81. The summed E-state index contributed by atoms with van der Waals surface area (Å²) in [6.45, 7) is 7.78. The maximum atomic E-state index is 12.4. The van der Waals surface area contributed by atoms with Crippen LogP contribution < -0.4 is 0 Å². The lowest BCUT2D eigenvalue weighted by Gasteiger charge is -2.27. The molecule has 3 heterocycles. The van der Waals surface area contributed by atoms with Gasteiger partial charge in [0, 0.05) is 12.1 Å². The third kappa shape index (κ3) is 2.21. The smallest absolute Gasteiger partial charge is 0.227 e. The molecule has 6 heteroatoms. The van der Waals surface area contributed by atoms with Gasteiger partial charge in [-0.25, -0.2) is 0 Å². The Balaban J connectivity index is 1.73. The number of fused-ring (bicyclic) bond motifs is 1. The number of hydrogen-bond acceptors (Lipinski definition) is 4. The average Bonchev–Trinajstić information content (AvgIpc) is 2.93. The molecule has 0 aromatic carbocycles. The first-order valence-corrected chi connectivity index (χ1v) is 6.77. The monoisotopic (exact) mass is 274 g/mol. The van der Waals surface area contributed by atoms with E-state index in [0.717, 1.165) is 35.0 Å². The lowest BCUT2D eigenvalue weighted by atomic mass is 10.1. The Morgan fingerprint density at radius 3 is 2.85 bits per heavy atom. The Bertz CT molecular complexity index is 637. The van der Waals surface area contributed by atoms with Crippen molar-refractivity contribution in [1.82, 2.24) is 19.8 Å². The number of aryl methyl sites for hydroxylation is 3. The first-order valence-electron chi connectivity index (χ1n) is 6.77. The fourth-order valence-electron chi connectivity index (χ4n) is 2.64. The van der Waals surface area contributed by atoms with E-state index < -0.39 is 0 Å². The largest absolute Gasteiger partial charge is 0.361 e. The molecular formula is C14H18N4O2. The maximum Gasteiger partial charge on any atom is 0.227 e. The molecule has 1 amide bonds. The van der Waals surface area contributed by atoms with E-state index in [2.05, 4.69) is 10.3 Å². The zero-order chi connectivity index (χ0) is 14.3. The molecule has 3 rings (SSSR count). The third-order valence-corrected chi connectivity index (χ3v) is 3.78. The number of rotatable bonds is 2. The van der Waals surface area contributed by atoms with Crippen LogP contribution in [0.1, 0.15) is 28.4 Å². The molecule has 0 unspecified atom stereocenters. The minimum absolute atomic E-state index is 0.115. The van der Waals surface area contributed by atoms with E-state index >= 15 is 0 Å². The number of hydrogen-bond donors (Lipinski definition) is 0. The van der Waals surface area contributed by atoms with Gasteiger partial charge < -0.3 is 9.42 Å². The standard InChI is InChI=1S/C14H18N4O2/c1-9-6-12-8-17(4-5-18(12)15-9)14(19)7-13-10(2)16-20-11(13)3/h6H,4-5,7-8H2,1-3H3. The van der Waals surface area contributed by atoms with Gasteiger partial charge in [0.05, 0.1) is 36.6 Å². The number of carbonyl (C=O) groups is 1. The molecule has 0 spiro atoms. The van der Waals surface area contributed by atoms with Gasteiger partial charge in [-0.05, 0) is 26.8 Å². The molecule has 20 heavy (non-hydrogen) atoms. The van der Waals surface area contributed by atoms with Crippen molar-refractivity contribution in [2.45, 2.75) is 40.3 Å². The molecule has 106 valence electrons. The van der Waals surface area contributed by atoms with Crippen molar-refractivity contribution in [2.24, 2.45) is 0 Å². The molecule has 0 aliphatic carbocycles. The zero-order valence-corrected chi connectivity index (χ0v) is 12.0. The molecular weight excluding hydrogens is 256 g/mol. The molecule has 6 nitrogen and oxygen atoms in total. The van der Waals surface area contributed by atoms with E-state index in [4.69, 9.17) is 4.52 Å². The molecule has 0 atom stereocenters. The second kappa shape index (κ2) is 4.77. The molecule has 0 N–H and O–H groups in total. The van der Waals surface area contributed by atoms with E-state index in [0.29, 0.717) is 19.5 Å². The molecule has 2 aromatic heterocycles. The molecule has 0 saturated carbocycles. The molecule has 0 fully saturated rings. The van der Waals surface area contributed by atoms with Crippen LogP contribution in [0.2, 0.25) is 0 Å². The fourth-order valence-corrected chi connectivity index (χ4v) is 2.64. The van der Waals surface area contributed by atoms with Crippen molar-refractivity contribution in [3.63, 3.8) is 0 Å². The lowest BCUT2D eigenvalue weighted by Crippen LogP contribution is -2.39. The summed E-state index contributed by atoms with van der Waals surface area (Å²) in [6.07, 6.45) is 0.355. The Hall–Kier alpha value is -2.11. The van der Waals surface area contributed by atoms with Crippen molar-refractivity contribution in [3.05, 3.63) is 34.5 Å². The van der Waals surface area contributed by atoms with Gasteiger partial charge in [0.2, 0.25) is 5.91 Å². The van der Waals surface area contributed by atoms with Gasteiger partial charge in [-0.2, -0.15) is 5.10 Å². The highest BCUT2D eigenvalue weighted by atomic mass is 16.5. The Labute approximate surface area is 117 Å². The quantitative estimate of drug-likeness (QED) is 0.830. The molecule has 0 saturated heterocycles. The number of amides is 1. The summed E-state index contributed by atoms with van der Waals surface area (Å²) in [4.78, 5) is 14.3. The van der Waals surface area contributed by atoms with Gasteiger partial charge in [-0.15, -0.1) is 0 Å². The van der Waals surface area contributed by atoms with E-state index in [1.807, 2.05) is 36.4 Å². The highest BCUT2D eigenvalue weighted by molar-refractivity contribution is 5.79. The van der Waals surface area contributed by atoms with Crippen LogP contribution in [-0.2, 0) is 24.3 Å². The van der Waals surface area contributed by atoms with E-state index in [1.165, 1.54) is 0 Å². The second-order valence-corrected chi connectivity index (χ2v) is 5.29. The predicted octanol–water partition coefficient (Wildman–Crippen LogP) is 1.38. The van der Waals surface area contributed by atoms with Crippen molar-refractivity contribution in [2.75, 3.05) is 6.54 Å². The van der Waals surface area contributed by atoms with E-state index in [9.17, 15) is 4.79 Å². The maximum absolute atomic E-state index is 12.4. The minimum atomic E-state index is 0.115. The summed E-state index contributed by atoms with van der Waals surface area (Å²) >= 11 is 0. The van der Waals surface area contributed by atoms with Crippen LogP contribution in [-0.4, -0.2) is 32.3 Å². The fraction of sp³-hybridized carbons (Fsp3) is 0.500. The van der Waals surface area contributed by atoms with E-state index in [-0.39, 0.29) is 5.91 Å². The van der Waals surface area contributed by atoms with Crippen molar-refractivity contribution in [1.29, 1.82) is 0 Å². The Morgan fingerprint density at radius 2 is 2.15 bits per heavy atom. The summed E-state index contributed by atoms with van der Waals surface area (Å²) in [5.74, 6) is 0.846. The van der Waals surface area contributed by atoms with Crippen LogP contribution in [0.25, 0.3) is 0 Å². The summed E-state index contributed by atoms with van der Waals surface area (Å²) < 4.78 is 7.09. The molecule has 0 radical (unpaired) electrons. The molecule has 2 aromatic rings. The van der Waals surface area contributed by atoms with Crippen LogP contribution in [0.3, 0.4) is 0 Å². The predicted molar refractivity (Wildman–Crippen MR) is 72.1 cm³/mol. The van der Waals surface area contributed by atoms with E-state index in [1.54, 1.807) is 0 Å². The average molecular weight is 274 g/mol. The Kier molecular flexibility index (Phi) is 3.08. The molecule has 1 aliphatic rings. The molecule has 1 aliphatic heterocycles. The van der Waals surface area contributed by atoms with Gasteiger partial charge in [0.25, 0.3) is 0 Å². The first-order chi connectivity index (χ1) is 9.54. The normalized spacial score (nSPS) is 14.4. The highest BCUT2D eigenvalue weighted by Crippen LogP contribution is 2.17. The van der Waals surface area contributed by atoms with Crippen LogP contribution in [0.4, 0.5) is 0 Å². The zero-order valence-electron chi connectivity index (χ0n) is 12.0. The SMILES string of the molecule is Cc1cc2n(n1)CCN(C(=O)Cc1c(C)noc1C)C2. The highest BCUT2D eigenvalue weighted by Gasteiger charge is 2.23. The number of aromatic nitrogens is 3. The van der Waals surface area contributed by atoms with Gasteiger partial charge in [-0.1, -0.05) is 5.16 Å². The number of carbonyl (C=O) groups excluding carboxylic acids is 1. The van der Waals surface area contributed by atoms with Crippen molar-refractivity contribution in [3.8, 4) is 0 Å². The van der Waals surface area contributed by atoms with Crippen LogP contribution in [0.5, 0.6) is 0 Å². The van der Waals surface area contributed by atoms with Crippen LogP contribution in [0, 0.1) is 20.8 Å². The van der Waals surface area contributed by atoms with Gasteiger partial charge >= 0.3 is 0 Å². The minimum Gasteiger partial charge on any atom is -0.361 e. The summed E-state index contributed by atoms with van der Waals surface area (Å²) in [6, 6.07) is 2.04. The summed E-state index contributed by atoms with van der Waals surface area (Å²) in [5, 5.41) is 8.30. The van der Waals surface area contributed by atoms with Crippen LogP contribution >= 0.6 is 0 Å². The van der Waals surface area contributed by atoms with Crippen LogP contribution in [0.15, 0.2) is 10.6 Å². The van der Waals surface area contributed by atoms with Crippen molar-refractivity contribution >= 4 is 5.91 Å². The van der Waals surface area contributed by atoms with Crippen molar-refractivity contribution < 1.29 is 9.32 Å².